The van der Waals surface area contributed by atoms with Gasteiger partial charge in [0.2, 0.25) is 0 Å². The Morgan fingerprint density at radius 2 is 0.700 bits per heavy atom. The molecule has 0 aliphatic rings. The van der Waals surface area contributed by atoms with Gasteiger partial charge in [-0.25, -0.2) is 9.13 Å². The molecular weight excluding hydrogens is 650 g/mol. The minimum Gasteiger partial charge on any atom is -1.00 e. The molecule has 30 heavy (non-hydrogen) atoms. The van der Waals surface area contributed by atoms with Gasteiger partial charge in [0.15, 0.2) is 0 Å². The van der Waals surface area contributed by atoms with Crippen molar-refractivity contribution in [1.29, 1.82) is 0 Å². The molecule has 20 nitrogen and oxygen atoms in total. The van der Waals surface area contributed by atoms with E-state index < -0.39 is 26.0 Å². The third-order valence-electron chi connectivity index (χ3n) is 0.213. The van der Waals surface area contributed by atoms with Crippen LogP contribution in [0, 0.1) is 0 Å². The summed E-state index contributed by atoms with van der Waals surface area (Å²) in [7, 11) is -14.8. The van der Waals surface area contributed by atoms with Crippen molar-refractivity contribution < 1.29 is 264 Å². The van der Waals surface area contributed by atoms with Gasteiger partial charge >= 0.3 is 219 Å². The van der Waals surface area contributed by atoms with Gasteiger partial charge in [-0.1, -0.05) is 0 Å². The van der Waals surface area contributed by atoms with Crippen LogP contribution in [-0.4, -0.2) is 147 Å². The molecule has 0 heterocycles. The molecule has 24 N–H and O–H groups in total. The van der Waals surface area contributed by atoms with Crippen LogP contribution in [0.1, 0.15) is 7.13 Å². The summed E-state index contributed by atoms with van der Waals surface area (Å²) in [5, 5.41) is 0. The van der Waals surface area contributed by atoms with Crippen LogP contribution in [0.5, 0.6) is 0 Å². The van der Waals surface area contributed by atoms with Crippen LogP contribution in [0.4, 0.5) is 0 Å². The van der Waals surface area contributed by atoms with E-state index in [0.29, 0.717) is 0 Å². The number of hydrogen-bond acceptors (Lipinski definition) is 5. The standard InChI is InChI=1S/Ca.2ClH.2K.Mg.Na.H4O7P2.H2O4S.9H2O.5H/c;;;;;;;1-8(2,3)7-9(4,5)6;1-5(2,3)4;;;;;;;;;;;;;;/h;2*1H;;;;;(H2,1,2,3)(H2,4,5,6);(H2,1,2,3,4);9*1H2;;;;;/q+2;;;2*+1;+2;+1;;;;;;;;;;;;5*-1/p-2. The third-order valence-corrected chi connectivity index (χ3v) is 1.91. The first-order valence-electron chi connectivity index (χ1n) is 2.23. The maximum Gasteiger partial charge on any atom is 2.00 e. The summed E-state index contributed by atoms with van der Waals surface area (Å²) in [5.41, 5.74) is 0. The third kappa shape index (κ3) is 245. The Kier molecular flexibility index (Phi) is 290. The molecular formula is H29CaCl2K2MgNaO20P2S. The molecule has 0 aliphatic heterocycles. The molecule has 0 atom stereocenters. The van der Waals surface area contributed by atoms with Crippen LogP contribution in [0.3, 0.4) is 0 Å². The van der Waals surface area contributed by atoms with Crippen molar-refractivity contribution in [3.8, 4) is 0 Å². The van der Waals surface area contributed by atoms with Crippen molar-refractivity contribution >= 4 is 86.8 Å². The van der Waals surface area contributed by atoms with Crippen LogP contribution in [0.2, 0.25) is 0 Å². The zero-order valence-corrected chi connectivity index (χ0v) is 31.7. The molecule has 0 spiro atoms. The molecule has 0 aromatic carbocycles. The molecule has 0 aliphatic carbocycles. The molecule has 0 saturated carbocycles. The first-order chi connectivity index (χ1) is 5.71. The topological polar surface area (TPSA) is 482 Å². The first-order valence-corrected chi connectivity index (χ1v) is 6.69. The fraction of sp³-hybridized carbons (Fsp3) is 0. The van der Waals surface area contributed by atoms with Crippen LogP contribution < -0.4 is 157 Å². The monoisotopic (exact) mass is 678 g/mol. The van der Waals surface area contributed by atoms with Gasteiger partial charge in [-0.3, -0.25) is 9.11 Å². The van der Waals surface area contributed by atoms with E-state index in [1.54, 1.807) is 0 Å². The number of hydrogen-bond donors (Lipinski definition) is 6. The molecule has 0 amide bonds. The van der Waals surface area contributed by atoms with E-state index in [9.17, 15) is 9.13 Å². The second kappa shape index (κ2) is 65.1. The molecule has 0 aromatic rings. The second-order valence-corrected chi connectivity index (χ2v) is 5.02. The zero-order valence-electron chi connectivity index (χ0n) is 20.7. The van der Waals surface area contributed by atoms with Gasteiger partial charge in [-0.2, -0.15) is 12.7 Å². The van der Waals surface area contributed by atoms with E-state index >= 15 is 0 Å². The van der Waals surface area contributed by atoms with Gasteiger partial charge < -0.3 is 101 Å². The van der Waals surface area contributed by atoms with Crippen molar-refractivity contribution in [2.24, 2.45) is 0 Å². The predicted molar refractivity (Wildman–Crippen MR) is 88.9 cm³/mol. The van der Waals surface area contributed by atoms with Gasteiger partial charge in [0.1, 0.15) is 0 Å². The van der Waals surface area contributed by atoms with E-state index in [4.69, 9.17) is 37.1 Å². The quantitative estimate of drug-likeness (QED) is 0.0903. The Morgan fingerprint density at radius 1 is 0.633 bits per heavy atom. The second-order valence-electron chi connectivity index (χ2n) is 1.51. The number of rotatable bonds is 2. The Balaban J connectivity index is -0.00000000252. The van der Waals surface area contributed by atoms with E-state index in [-0.39, 0.29) is 274 Å². The first kappa shape index (κ1) is 134. The molecule has 0 unspecified atom stereocenters. The molecule has 0 fully saturated rings. The Labute approximate surface area is 343 Å². The Bertz CT molecular complexity index is 370. The summed E-state index contributed by atoms with van der Waals surface area (Å²) in [6.45, 7) is 0. The normalized spacial score (nSPS) is 6.07. The summed E-state index contributed by atoms with van der Waals surface area (Å²) in [6.07, 6.45) is 0. The van der Waals surface area contributed by atoms with Crippen LogP contribution in [0.15, 0.2) is 0 Å². The largest absolute Gasteiger partial charge is 2.00 e. The van der Waals surface area contributed by atoms with Gasteiger partial charge in [0.05, 0.1) is 0 Å². The SMILES string of the molecule is O.O.O.O.O.O.O.O.O.O=P(O)(O)OP(=O)(O)O.O=S(=O)(O)O.[Ca+2].[Cl-].[Cl-].[H-].[H-].[H-].[H-].[H-].[K+].[K+].[Mg+2].[Na+]. The molecule has 0 rings (SSSR count). The van der Waals surface area contributed by atoms with Crippen molar-refractivity contribution in [3.05, 3.63) is 0 Å². The molecule has 30 heteroatoms. The van der Waals surface area contributed by atoms with E-state index in [1.165, 1.54) is 0 Å². The van der Waals surface area contributed by atoms with Gasteiger partial charge in [0, 0.05) is 0 Å². The molecule has 0 bridgehead atoms. The molecule has 186 valence electrons. The number of halogens is 2. The van der Waals surface area contributed by atoms with Crippen molar-refractivity contribution in [2.75, 3.05) is 0 Å². The molecule has 0 aromatic heterocycles. The van der Waals surface area contributed by atoms with Gasteiger partial charge in [0.25, 0.3) is 0 Å². The van der Waals surface area contributed by atoms with Crippen molar-refractivity contribution in [2.45, 2.75) is 0 Å². The maximum absolute atomic E-state index is 9.63. The Morgan fingerprint density at radius 3 is 0.700 bits per heavy atom. The zero-order chi connectivity index (χ0) is 12.2. The van der Waals surface area contributed by atoms with Gasteiger partial charge in [-0.05, 0) is 0 Å². The average molecular weight is 680 g/mol. The number of phosphoric acid groups is 2. The van der Waals surface area contributed by atoms with E-state index in [0.717, 1.165) is 0 Å². The van der Waals surface area contributed by atoms with E-state index in [1.807, 2.05) is 0 Å². The summed E-state index contributed by atoms with van der Waals surface area (Å²) in [5.74, 6) is 0. The Hall–Kier alpha value is 6.65. The summed E-state index contributed by atoms with van der Waals surface area (Å²) in [6, 6.07) is 0. The summed E-state index contributed by atoms with van der Waals surface area (Å²) >= 11 is 0. The smallest absolute Gasteiger partial charge is 1.00 e. The maximum atomic E-state index is 9.63. The fourth-order valence-corrected chi connectivity index (χ4v) is 1.25. The van der Waals surface area contributed by atoms with Crippen LogP contribution in [0.25, 0.3) is 0 Å². The minimum atomic E-state index is -5.05. The fourth-order valence-electron chi connectivity index (χ4n) is 0.139. The van der Waals surface area contributed by atoms with Gasteiger partial charge in [-0.15, -0.1) is 0 Å². The summed E-state index contributed by atoms with van der Waals surface area (Å²) < 4.78 is 53.8. The summed E-state index contributed by atoms with van der Waals surface area (Å²) in [4.78, 5) is 31.0. The minimum absolute atomic E-state index is 0. The van der Waals surface area contributed by atoms with E-state index in [2.05, 4.69) is 4.31 Å². The molecule has 0 saturated heterocycles. The van der Waals surface area contributed by atoms with Crippen molar-refractivity contribution in [3.63, 3.8) is 0 Å². The van der Waals surface area contributed by atoms with Crippen molar-refractivity contribution in [1.82, 2.24) is 0 Å². The van der Waals surface area contributed by atoms with Crippen LogP contribution >= 0.6 is 15.6 Å². The molecule has 0 radical (unpaired) electrons. The van der Waals surface area contributed by atoms with Crippen LogP contribution in [-0.2, 0) is 23.8 Å². The average Bonchev–Trinajstić information content (AvgIpc) is 1.42. The predicted octanol–water partition coefficient (Wildman–Crippen LogP) is -24.1.